The third kappa shape index (κ3) is 1.75. The van der Waals surface area contributed by atoms with Crippen LogP contribution in [0.4, 0.5) is 13.2 Å². The van der Waals surface area contributed by atoms with E-state index in [-0.39, 0.29) is 5.69 Å². The number of aromatic nitrogens is 3. The van der Waals surface area contributed by atoms with Gasteiger partial charge in [-0.2, -0.15) is 13.2 Å². The van der Waals surface area contributed by atoms with Crippen LogP contribution in [0.25, 0.3) is 0 Å². The van der Waals surface area contributed by atoms with Crippen LogP contribution in [0, 0.1) is 0 Å². The summed E-state index contributed by atoms with van der Waals surface area (Å²) in [4.78, 5) is 0. The zero-order valence-electron chi connectivity index (χ0n) is 6.44. The molecule has 0 radical (unpaired) electrons. The second kappa shape index (κ2) is 3.12. The van der Waals surface area contributed by atoms with E-state index in [2.05, 4.69) is 10.3 Å². The van der Waals surface area contributed by atoms with Crippen molar-refractivity contribution >= 4 is 0 Å². The Bertz CT molecular complexity index is 253. The van der Waals surface area contributed by atoms with E-state index in [1.807, 2.05) is 5.10 Å². The average molecular weight is 179 g/mol. The Kier molecular flexibility index (Phi) is 2.35. The quantitative estimate of drug-likeness (QED) is 0.751. The average Bonchev–Trinajstić information content (AvgIpc) is 2.34. The zero-order valence-corrected chi connectivity index (χ0v) is 6.44. The number of aryl methyl sites for hydroxylation is 1. The molecule has 0 atom stereocenters. The standard InChI is InChI=1S/C6H8F3N3/c1-2-3-4-5(6(7,8)9)11-12-10-4/h2-3H2,1H3,(H,10,11,12). The molecule has 1 N–H and O–H groups in total. The largest absolute Gasteiger partial charge is 0.434 e. The topological polar surface area (TPSA) is 41.6 Å². The van der Waals surface area contributed by atoms with Crippen LogP contribution < -0.4 is 0 Å². The van der Waals surface area contributed by atoms with Crippen molar-refractivity contribution in [3.8, 4) is 0 Å². The van der Waals surface area contributed by atoms with Gasteiger partial charge in [0.25, 0.3) is 0 Å². The van der Waals surface area contributed by atoms with E-state index < -0.39 is 11.9 Å². The molecule has 0 saturated carbocycles. The second-order valence-electron chi connectivity index (χ2n) is 2.38. The fourth-order valence-corrected chi connectivity index (χ4v) is 0.889. The molecule has 3 nitrogen and oxygen atoms in total. The van der Waals surface area contributed by atoms with Crippen LogP contribution in [0.2, 0.25) is 0 Å². The molecule has 1 heterocycles. The molecule has 0 bridgehead atoms. The third-order valence-corrected chi connectivity index (χ3v) is 1.39. The Hall–Kier alpha value is -1.07. The monoisotopic (exact) mass is 179 g/mol. The molecule has 0 spiro atoms. The molecule has 68 valence electrons. The van der Waals surface area contributed by atoms with E-state index in [4.69, 9.17) is 0 Å². The highest BCUT2D eigenvalue weighted by molar-refractivity contribution is 5.11. The Morgan fingerprint density at radius 2 is 2.08 bits per heavy atom. The molecule has 0 fully saturated rings. The highest BCUT2D eigenvalue weighted by Gasteiger charge is 2.36. The minimum absolute atomic E-state index is 0.00926. The zero-order chi connectivity index (χ0) is 9.19. The number of hydrogen-bond acceptors (Lipinski definition) is 2. The number of nitrogens with zero attached hydrogens (tertiary/aromatic N) is 2. The van der Waals surface area contributed by atoms with Gasteiger partial charge in [0.1, 0.15) is 0 Å². The smallest absolute Gasteiger partial charge is 0.253 e. The summed E-state index contributed by atoms with van der Waals surface area (Å²) >= 11 is 0. The summed E-state index contributed by atoms with van der Waals surface area (Å²) in [6, 6.07) is 0. The van der Waals surface area contributed by atoms with Crippen LogP contribution in [0.5, 0.6) is 0 Å². The Labute approximate surface area is 67.0 Å². The summed E-state index contributed by atoms with van der Waals surface area (Å²) in [6.45, 7) is 1.79. The molecule has 12 heavy (non-hydrogen) atoms. The van der Waals surface area contributed by atoms with Crippen LogP contribution >= 0.6 is 0 Å². The lowest BCUT2D eigenvalue weighted by Gasteiger charge is -2.03. The van der Waals surface area contributed by atoms with Gasteiger partial charge in [0.15, 0.2) is 5.69 Å². The molecular formula is C6H8F3N3. The molecule has 1 aromatic rings. The normalized spacial score (nSPS) is 12.0. The second-order valence-corrected chi connectivity index (χ2v) is 2.38. The van der Waals surface area contributed by atoms with Crippen molar-refractivity contribution in [3.05, 3.63) is 11.4 Å². The van der Waals surface area contributed by atoms with Crippen molar-refractivity contribution in [2.45, 2.75) is 25.9 Å². The van der Waals surface area contributed by atoms with E-state index in [0.29, 0.717) is 12.8 Å². The number of alkyl halides is 3. The van der Waals surface area contributed by atoms with Gasteiger partial charge >= 0.3 is 6.18 Å². The van der Waals surface area contributed by atoms with Crippen molar-refractivity contribution in [1.82, 2.24) is 15.4 Å². The molecule has 6 heteroatoms. The molecule has 0 unspecified atom stereocenters. The maximum atomic E-state index is 12.1. The Balaban J connectivity index is 2.91. The molecule has 1 aromatic heterocycles. The molecule has 0 aliphatic heterocycles. The van der Waals surface area contributed by atoms with Gasteiger partial charge in [-0.3, -0.25) is 5.10 Å². The van der Waals surface area contributed by atoms with Crippen LogP contribution in [-0.4, -0.2) is 15.4 Å². The van der Waals surface area contributed by atoms with Crippen molar-refractivity contribution < 1.29 is 13.2 Å². The predicted octanol–water partition coefficient (Wildman–Crippen LogP) is 1.78. The van der Waals surface area contributed by atoms with Gasteiger partial charge in [-0.25, -0.2) is 0 Å². The first-order chi connectivity index (χ1) is 5.55. The van der Waals surface area contributed by atoms with Gasteiger partial charge in [0, 0.05) is 0 Å². The Morgan fingerprint density at radius 1 is 1.42 bits per heavy atom. The highest BCUT2D eigenvalue weighted by atomic mass is 19.4. The molecule has 0 aliphatic rings. The van der Waals surface area contributed by atoms with Crippen LogP contribution in [-0.2, 0) is 12.6 Å². The summed E-state index contributed by atoms with van der Waals surface area (Å²) in [7, 11) is 0. The maximum Gasteiger partial charge on any atom is 0.434 e. The fourth-order valence-electron chi connectivity index (χ4n) is 0.889. The number of halogens is 3. The fraction of sp³-hybridized carbons (Fsp3) is 0.667. The number of hydrogen-bond donors (Lipinski definition) is 1. The van der Waals surface area contributed by atoms with Crippen molar-refractivity contribution in [3.63, 3.8) is 0 Å². The predicted molar refractivity (Wildman–Crippen MR) is 35.4 cm³/mol. The number of aromatic amines is 1. The van der Waals surface area contributed by atoms with Gasteiger partial charge < -0.3 is 0 Å². The molecule has 0 saturated heterocycles. The summed E-state index contributed by atoms with van der Waals surface area (Å²) in [5, 5.41) is 8.30. The van der Waals surface area contributed by atoms with E-state index in [0.717, 1.165) is 0 Å². The first-order valence-corrected chi connectivity index (χ1v) is 3.52. The molecular weight excluding hydrogens is 171 g/mol. The Morgan fingerprint density at radius 3 is 2.58 bits per heavy atom. The van der Waals surface area contributed by atoms with Gasteiger partial charge in [0.05, 0.1) is 5.69 Å². The van der Waals surface area contributed by atoms with Gasteiger partial charge in [-0.1, -0.05) is 18.6 Å². The highest BCUT2D eigenvalue weighted by Crippen LogP contribution is 2.29. The van der Waals surface area contributed by atoms with Gasteiger partial charge in [-0.15, -0.1) is 5.10 Å². The van der Waals surface area contributed by atoms with E-state index in [9.17, 15) is 13.2 Å². The minimum atomic E-state index is -4.37. The molecule has 1 rings (SSSR count). The van der Waals surface area contributed by atoms with E-state index in [1.54, 1.807) is 6.92 Å². The third-order valence-electron chi connectivity index (χ3n) is 1.39. The number of H-pyrrole nitrogens is 1. The van der Waals surface area contributed by atoms with Crippen LogP contribution in [0.3, 0.4) is 0 Å². The lowest BCUT2D eigenvalue weighted by molar-refractivity contribution is -0.141. The maximum absolute atomic E-state index is 12.1. The van der Waals surface area contributed by atoms with Crippen LogP contribution in [0.15, 0.2) is 0 Å². The summed E-state index contributed by atoms with van der Waals surface area (Å²) in [5.41, 5.74) is -0.839. The molecule has 0 aromatic carbocycles. The van der Waals surface area contributed by atoms with Crippen molar-refractivity contribution in [1.29, 1.82) is 0 Å². The van der Waals surface area contributed by atoms with Gasteiger partial charge in [0.2, 0.25) is 0 Å². The van der Waals surface area contributed by atoms with Gasteiger partial charge in [-0.05, 0) is 6.42 Å². The van der Waals surface area contributed by atoms with Crippen molar-refractivity contribution in [2.24, 2.45) is 0 Å². The first kappa shape index (κ1) is 9.02. The number of rotatable bonds is 2. The summed E-state index contributed by atoms with van der Waals surface area (Å²) in [6.07, 6.45) is -3.45. The van der Waals surface area contributed by atoms with Crippen molar-refractivity contribution in [2.75, 3.05) is 0 Å². The van der Waals surface area contributed by atoms with E-state index in [1.165, 1.54) is 0 Å². The minimum Gasteiger partial charge on any atom is -0.253 e. The lowest BCUT2D eigenvalue weighted by atomic mass is 10.2. The van der Waals surface area contributed by atoms with Crippen LogP contribution in [0.1, 0.15) is 24.7 Å². The molecule has 0 aliphatic carbocycles. The SMILES string of the molecule is CCCc1nn[nH]c1C(F)(F)F. The molecule has 0 amide bonds. The number of nitrogens with one attached hydrogen (secondary N) is 1. The summed E-state index contributed by atoms with van der Waals surface area (Å²) in [5.74, 6) is 0. The summed E-state index contributed by atoms with van der Waals surface area (Å²) < 4.78 is 36.3. The first-order valence-electron chi connectivity index (χ1n) is 3.52. The lowest BCUT2D eigenvalue weighted by Crippen LogP contribution is -2.09. The van der Waals surface area contributed by atoms with E-state index >= 15 is 0 Å².